The van der Waals surface area contributed by atoms with E-state index >= 15 is 0 Å². The third kappa shape index (κ3) is 3.50. The van der Waals surface area contributed by atoms with Crippen molar-refractivity contribution in [1.29, 1.82) is 0 Å². The van der Waals surface area contributed by atoms with Crippen LogP contribution in [-0.2, 0) is 11.3 Å². The van der Waals surface area contributed by atoms with Gasteiger partial charge in [-0.05, 0) is 55.5 Å². The van der Waals surface area contributed by atoms with E-state index in [2.05, 4.69) is 10.6 Å². The predicted octanol–water partition coefficient (Wildman–Crippen LogP) is 2.91. The van der Waals surface area contributed by atoms with Crippen LogP contribution in [0, 0.1) is 17.2 Å². The molecular formula is C15H19Cl2FN2O. The molecule has 0 aromatic heterocycles. The van der Waals surface area contributed by atoms with Gasteiger partial charge in [0.15, 0.2) is 0 Å². The SMILES string of the molecule is Cl.O=C(NCc1ccc(F)cc1Cl)C1CC12CCNCC2. The van der Waals surface area contributed by atoms with Gasteiger partial charge in [0.05, 0.1) is 0 Å². The Labute approximate surface area is 135 Å². The highest BCUT2D eigenvalue weighted by atomic mass is 35.5. The molecule has 6 heteroatoms. The van der Waals surface area contributed by atoms with Crippen LogP contribution in [0.1, 0.15) is 24.8 Å². The lowest BCUT2D eigenvalue weighted by atomic mass is 9.92. The molecule has 2 N–H and O–H groups in total. The molecule has 1 saturated carbocycles. The van der Waals surface area contributed by atoms with Crippen molar-refractivity contribution in [1.82, 2.24) is 10.6 Å². The van der Waals surface area contributed by atoms with Gasteiger partial charge in [0.2, 0.25) is 5.91 Å². The Bertz CT molecular complexity index is 532. The summed E-state index contributed by atoms with van der Waals surface area (Å²) >= 11 is 5.95. The van der Waals surface area contributed by atoms with Crippen molar-refractivity contribution in [2.45, 2.75) is 25.8 Å². The molecular weight excluding hydrogens is 314 g/mol. The summed E-state index contributed by atoms with van der Waals surface area (Å²) in [7, 11) is 0. The summed E-state index contributed by atoms with van der Waals surface area (Å²) in [5.41, 5.74) is 0.989. The van der Waals surface area contributed by atoms with Crippen molar-refractivity contribution < 1.29 is 9.18 Å². The molecule has 0 bridgehead atoms. The molecule has 1 aromatic carbocycles. The van der Waals surface area contributed by atoms with E-state index in [0.29, 0.717) is 11.6 Å². The highest BCUT2D eigenvalue weighted by Gasteiger charge is 2.57. The number of nitrogens with one attached hydrogen (secondary N) is 2. The summed E-state index contributed by atoms with van der Waals surface area (Å²) in [6, 6.07) is 4.25. The largest absolute Gasteiger partial charge is 0.352 e. The van der Waals surface area contributed by atoms with E-state index in [1.165, 1.54) is 12.1 Å². The van der Waals surface area contributed by atoms with Gasteiger partial charge in [0.1, 0.15) is 5.82 Å². The minimum absolute atomic E-state index is 0. The quantitative estimate of drug-likeness (QED) is 0.893. The molecule has 3 rings (SSSR count). The van der Waals surface area contributed by atoms with Gasteiger partial charge in [-0.15, -0.1) is 12.4 Å². The van der Waals surface area contributed by atoms with E-state index in [1.54, 1.807) is 6.07 Å². The smallest absolute Gasteiger partial charge is 0.223 e. The van der Waals surface area contributed by atoms with Crippen LogP contribution in [0.25, 0.3) is 0 Å². The first-order valence-corrected chi connectivity index (χ1v) is 7.41. The lowest BCUT2D eigenvalue weighted by Crippen LogP contribution is -2.33. The average Bonchev–Trinajstić information content (AvgIpc) is 3.12. The first-order chi connectivity index (χ1) is 9.61. The molecule has 0 radical (unpaired) electrons. The minimum Gasteiger partial charge on any atom is -0.352 e. The number of carbonyl (C=O) groups excluding carboxylic acids is 1. The van der Waals surface area contributed by atoms with Crippen LogP contribution < -0.4 is 10.6 Å². The van der Waals surface area contributed by atoms with Crippen LogP contribution in [-0.4, -0.2) is 19.0 Å². The number of carbonyl (C=O) groups is 1. The monoisotopic (exact) mass is 332 g/mol. The van der Waals surface area contributed by atoms with Crippen molar-refractivity contribution in [3.8, 4) is 0 Å². The molecule has 1 atom stereocenters. The van der Waals surface area contributed by atoms with Crippen LogP contribution >= 0.6 is 24.0 Å². The van der Waals surface area contributed by atoms with Crippen LogP contribution in [0.2, 0.25) is 5.02 Å². The zero-order chi connectivity index (χ0) is 14.2. The highest BCUT2D eigenvalue weighted by Crippen LogP contribution is 2.58. The second-order valence-corrected chi connectivity index (χ2v) is 6.23. The van der Waals surface area contributed by atoms with Crippen molar-refractivity contribution in [3.63, 3.8) is 0 Å². The van der Waals surface area contributed by atoms with E-state index < -0.39 is 0 Å². The number of hydrogen-bond donors (Lipinski definition) is 2. The van der Waals surface area contributed by atoms with E-state index in [9.17, 15) is 9.18 Å². The van der Waals surface area contributed by atoms with Crippen molar-refractivity contribution in [2.24, 2.45) is 11.3 Å². The maximum absolute atomic E-state index is 12.9. The third-order valence-corrected chi connectivity index (χ3v) is 4.93. The summed E-state index contributed by atoms with van der Waals surface area (Å²) in [6.07, 6.45) is 3.17. The Morgan fingerprint density at radius 2 is 2.14 bits per heavy atom. The van der Waals surface area contributed by atoms with Gasteiger partial charge < -0.3 is 10.6 Å². The number of rotatable bonds is 3. The molecule has 1 spiro atoms. The maximum atomic E-state index is 12.9. The Morgan fingerprint density at radius 3 is 2.81 bits per heavy atom. The van der Waals surface area contributed by atoms with Crippen molar-refractivity contribution in [3.05, 3.63) is 34.6 Å². The highest BCUT2D eigenvalue weighted by molar-refractivity contribution is 6.31. The lowest BCUT2D eigenvalue weighted by molar-refractivity contribution is -0.123. The number of hydrogen-bond acceptors (Lipinski definition) is 2. The van der Waals surface area contributed by atoms with E-state index in [1.807, 2.05) is 0 Å². The van der Waals surface area contributed by atoms with E-state index in [0.717, 1.165) is 37.9 Å². The average molecular weight is 333 g/mol. The molecule has 1 aliphatic carbocycles. The molecule has 2 aliphatic rings. The summed E-state index contributed by atoms with van der Waals surface area (Å²) in [4.78, 5) is 12.2. The molecule has 116 valence electrons. The molecule has 1 unspecified atom stereocenters. The standard InChI is InChI=1S/C15H18ClFN2O.ClH/c16-13-7-11(17)2-1-10(13)9-19-14(20)12-8-15(12)3-5-18-6-4-15;/h1-2,7,12,18H,3-6,8-9H2,(H,19,20);1H. The van der Waals surface area contributed by atoms with Crippen molar-refractivity contribution >= 4 is 29.9 Å². The zero-order valence-electron chi connectivity index (χ0n) is 11.6. The molecule has 1 amide bonds. The second kappa shape index (κ2) is 6.51. The van der Waals surface area contributed by atoms with Crippen LogP contribution in [0.3, 0.4) is 0 Å². The normalized spacial score (nSPS) is 22.5. The number of piperidine rings is 1. The fourth-order valence-electron chi connectivity index (χ4n) is 3.17. The zero-order valence-corrected chi connectivity index (χ0v) is 13.2. The summed E-state index contributed by atoms with van der Waals surface area (Å²) in [5, 5.41) is 6.61. The third-order valence-electron chi connectivity index (χ3n) is 4.57. The molecule has 1 heterocycles. The minimum atomic E-state index is -0.360. The van der Waals surface area contributed by atoms with Gasteiger partial charge in [-0.1, -0.05) is 17.7 Å². The number of amides is 1. The van der Waals surface area contributed by atoms with Gasteiger partial charge >= 0.3 is 0 Å². The Balaban J connectivity index is 0.00000161. The molecule has 21 heavy (non-hydrogen) atoms. The Morgan fingerprint density at radius 1 is 1.43 bits per heavy atom. The predicted molar refractivity (Wildman–Crippen MR) is 83.1 cm³/mol. The van der Waals surface area contributed by atoms with E-state index in [4.69, 9.17) is 11.6 Å². The van der Waals surface area contributed by atoms with Crippen LogP contribution in [0.5, 0.6) is 0 Å². The summed E-state index contributed by atoms with van der Waals surface area (Å²) in [5.74, 6) is -0.114. The topological polar surface area (TPSA) is 41.1 Å². The van der Waals surface area contributed by atoms with Crippen LogP contribution in [0.15, 0.2) is 18.2 Å². The Kier molecular flexibility index (Phi) is 5.12. The fraction of sp³-hybridized carbons (Fsp3) is 0.533. The molecule has 2 fully saturated rings. The molecule has 1 saturated heterocycles. The maximum Gasteiger partial charge on any atom is 0.223 e. The van der Waals surface area contributed by atoms with Crippen molar-refractivity contribution in [2.75, 3.05) is 13.1 Å². The first-order valence-electron chi connectivity index (χ1n) is 7.03. The molecule has 1 aromatic rings. The van der Waals surface area contributed by atoms with Gasteiger partial charge in [-0.2, -0.15) is 0 Å². The fourth-order valence-corrected chi connectivity index (χ4v) is 3.40. The van der Waals surface area contributed by atoms with Gasteiger partial charge in [0.25, 0.3) is 0 Å². The van der Waals surface area contributed by atoms with E-state index in [-0.39, 0.29) is 35.5 Å². The number of benzene rings is 1. The molecule has 3 nitrogen and oxygen atoms in total. The second-order valence-electron chi connectivity index (χ2n) is 5.82. The first kappa shape index (κ1) is 16.5. The van der Waals surface area contributed by atoms with Gasteiger partial charge in [0, 0.05) is 17.5 Å². The lowest BCUT2D eigenvalue weighted by Gasteiger charge is -2.23. The van der Waals surface area contributed by atoms with Gasteiger partial charge in [-0.25, -0.2) is 4.39 Å². The Hall–Kier alpha value is -0.840. The van der Waals surface area contributed by atoms with Gasteiger partial charge in [-0.3, -0.25) is 4.79 Å². The summed E-state index contributed by atoms with van der Waals surface area (Å²) in [6.45, 7) is 2.38. The van der Waals surface area contributed by atoms with Crippen LogP contribution in [0.4, 0.5) is 4.39 Å². The molecule has 1 aliphatic heterocycles. The number of halogens is 3. The summed E-state index contributed by atoms with van der Waals surface area (Å²) < 4.78 is 12.9.